The van der Waals surface area contributed by atoms with Gasteiger partial charge in [-0.25, -0.2) is 0 Å². The molecule has 2 atom stereocenters. The van der Waals surface area contributed by atoms with Crippen LogP contribution in [0.5, 0.6) is 0 Å². The second kappa shape index (κ2) is 4.96. The van der Waals surface area contributed by atoms with Gasteiger partial charge in [0, 0.05) is 3.57 Å². The molecule has 1 aromatic carbocycles. The van der Waals surface area contributed by atoms with Crippen LogP contribution in [0, 0.1) is 9.49 Å². The maximum Gasteiger partial charge on any atom is 0.0540 e. The fraction of sp³-hybridized carbons (Fsp3) is 0.455. The molecule has 1 aromatic rings. The predicted octanol–water partition coefficient (Wildman–Crippen LogP) is 2.85. The smallest absolute Gasteiger partial charge is 0.0540 e. The number of hydrogen-bond donors (Lipinski definition) is 1. The summed E-state index contributed by atoms with van der Waals surface area (Å²) in [4.78, 5) is 0. The fourth-order valence-corrected chi connectivity index (χ4v) is 1.52. The van der Waals surface area contributed by atoms with Gasteiger partial charge in [0.2, 0.25) is 0 Å². The highest BCUT2D eigenvalue weighted by molar-refractivity contribution is 14.1. The summed E-state index contributed by atoms with van der Waals surface area (Å²) in [6, 6.07) is 8.45. The average molecular weight is 290 g/mol. The molecular weight excluding hydrogens is 275 g/mol. The van der Waals surface area contributed by atoms with Gasteiger partial charge in [0.15, 0.2) is 0 Å². The molecule has 1 nitrogen and oxygen atoms in total. The van der Waals surface area contributed by atoms with Crippen LogP contribution in [0.4, 0.5) is 0 Å². The molecule has 1 rings (SSSR count). The summed E-state index contributed by atoms with van der Waals surface area (Å²) < 4.78 is 1.26. The molecule has 0 aliphatic rings. The third-order valence-electron chi connectivity index (χ3n) is 2.29. The second-order valence-electron chi connectivity index (χ2n) is 3.55. The van der Waals surface area contributed by atoms with Crippen LogP contribution in [0.15, 0.2) is 24.3 Å². The van der Waals surface area contributed by atoms with E-state index in [9.17, 15) is 5.11 Å². The van der Waals surface area contributed by atoms with E-state index >= 15 is 0 Å². The first-order valence-electron chi connectivity index (χ1n) is 4.52. The third-order valence-corrected chi connectivity index (χ3v) is 3.01. The molecule has 0 amide bonds. The van der Waals surface area contributed by atoms with E-state index in [2.05, 4.69) is 53.8 Å². The normalized spacial score (nSPS) is 15.4. The Morgan fingerprint density at radius 1 is 1.23 bits per heavy atom. The molecule has 72 valence electrons. The SMILES string of the molecule is CC(O)C(C)Cc1ccc(I)cc1. The maximum absolute atomic E-state index is 9.34. The third kappa shape index (κ3) is 3.65. The first-order valence-corrected chi connectivity index (χ1v) is 5.60. The molecule has 2 unspecified atom stereocenters. The molecule has 1 N–H and O–H groups in total. The minimum Gasteiger partial charge on any atom is -0.393 e. The van der Waals surface area contributed by atoms with Gasteiger partial charge in [0.25, 0.3) is 0 Å². The van der Waals surface area contributed by atoms with Gasteiger partial charge in [-0.05, 0) is 59.5 Å². The van der Waals surface area contributed by atoms with Crippen molar-refractivity contribution >= 4 is 22.6 Å². The highest BCUT2D eigenvalue weighted by Crippen LogP contribution is 2.13. The Morgan fingerprint density at radius 3 is 2.23 bits per heavy atom. The molecule has 0 saturated carbocycles. The van der Waals surface area contributed by atoms with E-state index in [0.717, 1.165) is 6.42 Å². The molecule has 2 heteroatoms. The average Bonchev–Trinajstić information content (AvgIpc) is 2.08. The molecule has 0 spiro atoms. The Morgan fingerprint density at radius 2 is 1.77 bits per heavy atom. The second-order valence-corrected chi connectivity index (χ2v) is 4.79. The molecule has 0 radical (unpaired) electrons. The summed E-state index contributed by atoms with van der Waals surface area (Å²) in [6.07, 6.45) is 0.730. The van der Waals surface area contributed by atoms with Crippen LogP contribution >= 0.6 is 22.6 Å². The summed E-state index contributed by atoms with van der Waals surface area (Å²) >= 11 is 2.29. The number of hydrogen-bond acceptors (Lipinski definition) is 1. The van der Waals surface area contributed by atoms with E-state index in [1.807, 2.05) is 6.92 Å². The first kappa shape index (κ1) is 11.0. The molecule has 0 fully saturated rings. The molecule has 0 heterocycles. The van der Waals surface area contributed by atoms with Gasteiger partial charge < -0.3 is 5.11 Å². The van der Waals surface area contributed by atoms with Gasteiger partial charge >= 0.3 is 0 Å². The van der Waals surface area contributed by atoms with E-state index in [-0.39, 0.29) is 6.10 Å². The van der Waals surface area contributed by atoms with Gasteiger partial charge in [-0.3, -0.25) is 0 Å². The molecule has 0 bridgehead atoms. The Bertz CT molecular complexity index is 253. The number of aliphatic hydroxyl groups is 1. The summed E-state index contributed by atoms with van der Waals surface area (Å²) in [5.74, 6) is 0.333. The van der Waals surface area contributed by atoms with Crippen molar-refractivity contribution in [1.29, 1.82) is 0 Å². The molecule has 0 aromatic heterocycles. The van der Waals surface area contributed by atoms with Gasteiger partial charge in [0.1, 0.15) is 0 Å². The van der Waals surface area contributed by atoms with Gasteiger partial charge in [-0.1, -0.05) is 19.1 Å². The van der Waals surface area contributed by atoms with E-state index in [0.29, 0.717) is 5.92 Å². The van der Waals surface area contributed by atoms with Crippen LogP contribution in [0.1, 0.15) is 19.4 Å². The zero-order chi connectivity index (χ0) is 9.84. The van der Waals surface area contributed by atoms with Crippen molar-refractivity contribution in [3.8, 4) is 0 Å². The Hall–Kier alpha value is -0.0900. The highest BCUT2D eigenvalue weighted by Gasteiger charge is 2.08. The topological polar surface area (TPSA) is 20.2 Å². The number of rotatable bonds is 3. The summed E-state index contributed by atoms with van der Waals surface area (Å²) in [5, 5.41) is 9.34. The van der Waals surface area contributed by atoms with Crippen molar-refractivity contribution in [2.45, 2.75) is 26.4 Å². The number of benzene rings is 1. The van der Waals surface area contributed by atoms with Gasteiger partial charge in [0.05, 0.1) is 6.10 Å². The van der Waals surface area contributed by atoms with Gasteiger partial charge in [-0.15, -0.1) is 0 Å². The zero-order valence-electron chi connectivity index (χ0n) is 8.00. The maximum atomic E-state index is 9.34. The Labute approximate surface area is 93.3 Å². The lowest BCUT2D eigenvalue weighted by Gasteiger charge is -2.14. The van der Waals surface area contributed by atoms with E-state index < -0.39 is 0 Å². The highest BCUT2D eigenvalue weighted by atomic mass is 127. The molecule has 13 heavy (non-hydrogen) atoms. The molecule has 0 aliphatic carbocycles. The number of halogens is 1. The van der Waals surface area contributed by atoms with Crippen LogP contribution < -0.4 is 0 Å². The van der Waals surface area contributed by atoms with E-state index in [1.165, 1.54) is 9.13 Å². The van der Waals surface area contributed by atoms with Crippen molar-refractivity contribution in [1.82, 2.24) is 0 Å². The summed E-state index contributed by atoms with van der Waals surface area (Å²) in [7, 11) is 0. The van der Waals surface area contributed by atoms with E-state index in [4.69, 9.17) is 0 Å². The van der Waals surface area contributed by atoms with Crippen LogP contribution in [0.2, 0.25) is 0 Å². The van der Waals surface area contributed by atoms with Crippen molar-refractivity contribution in [2.75, 3.05) is 0 Å². The molecular formula is C11H15IO. The van der Waals surface area contributed by atoms with Crippen LogP contribution in [0.25, 0.3) is 0 Å². The fourth-order valence-electron chi connectivity index (χ4n) is 1.16. The zero-order valence-corrected chi connectivity index (χ0v) is 10.2. The monoisotopic (exact) mass is 290 g/mol. The standard InChI is InChI=1S/C11H15IO/c1-8(9(2)13)7-10-3-5-11(12)6-4-10/h3-6,8-9,13H,7H2,1-2H3. The van der Waals surface area contributed by atoms with Crippen LogP contribution in [0.3, 0.4) is 0 Å². The lowest BCUT2D eigenvalue weighted by atomic mass is 9.97. The predicted molar refractivity (Wildman–Crippen MR) is 63.7 cm³/mol. The van der Waals surface area contributed by atoms with E-state index in [1.54, 1.807) is 0 Å². The minimum atomic E-state index is -0.223. The summed E-state index contributed by atoms with van der Waals surface area (Å²) in [6.45, 7) is 3.92. The quantitative estimate of drug-likeness (QED) is 0.849. The first-order chi connectivity index (χ1) is 6.09. The Balaban J connectivity index is 2.59. The van der Waals surface area contributed by atoms with Crippen molar-refractivity contribution in [2.24, 2.45) is 5.92 Å². The van der Waals surface area contributed by atoms with Crippen molar-refractivity contribution in [3.63, 3.8) is 0 Å². The minimum absolute atomic E-state index is 0.223. The lowest BCUT2D eigenvalue weighted by Crippen LogP contribution is -2.15. The molecule has 0 saturated heterocycles. The number of aliphatic hydroxyl groups excluding tert-OH is 1. The largest absolute Gasteiger partial charge is 0.393 e. The summed E-state index contributed by atoms with van der Waals surface area (Å²) in [5.41, 5.74) is 1.30. The van der Waals surface area contributed by atoms with Crippen molar-refractivity contribution in [3.05, 3.63) is 33.4 Å². The van der Waals surface area contributed by atoms with Crippen LogP contribution in [-0.2, 0) is 6.42 Å². The van der Waals surface area contributed by atoms with Crippen LogP contribution in [-0.4, -0.2) is 11.2 Å². The lowest BCUT2D eigenvalue weighted by molar-refractivity contribution is 0.135. The van der Waals surface area contributed by atoms with Gasteiger partial charge in [-0.2, -0.15) is 0 Å². The molecule has 0 aliphatic heterocycles. The Kier molecular flexibility index (Phi) is 4.19. The van der Waals surface area contributed by atoms with Crippen molar-refractivity contribution < 1.29 is 5.11 Å².